The molecule has 1 saturated heterocycles. The van der Waals surface area contributed by atoms with Gasteiger partial charge in [-0.2, -0.15) is 13.2 Å². The Morgan fingerprint density at radius 3 is 2.56 bits per heavy atom. The Morgan fingerprint density at radius 1 is 1.15 bits per heavy atom. The van der Waals surface area contributed by atoms with Gasteiger partial charge in [0.15, 0.2) is 0 Å². The van der Waals surface area contributed by atoms with Crippen LogP contribution >= 0.6 is 0 Å². The molecule has 5 rings (SSSR count). The Bertz CT molecular complexity index is 1420. The van der Waals surface area contributed by atoms with Gasteiger partial charge < -0.3 is 19.8 Å². The quantitative estimate of drug-likeness (QED) is 0.364. The molecule has 10 heteroatoms. The summed E-state index contributed by atoms with van der Waals surface area (Å²) >= 11 is 0. The number of nitrogens with zero attached hydrogens (tertiary/aromatic N) is 2. The van der Waals surface area contributed by atoms with Crippen LogP contribution in [-0.4, -0.2) is 33.7 Å². The molecule has 2 aromatic carbocycles. The third-order valence-electron chi connectivity index (χ3n) is 7.84. The van der Waals surface area contributed by atoms with Gasteiger partial charge in [-0.25, -0.2) is 4.39 Å². The van der Waals surface area contributed by atoms with Crippen molar-refractivity contribution in [3.63, 3.8) is 0 Å². The Kier molecular flexibility index (Phi) is 7.41. The third-order valence-corrected chi connectivity index (χ3v) is 7.84. The first-order valence-electron chi connectivity index (χ1n) is 13.3. The third kappa shape index (κ3) is 6.11. The van der Waals surface area contributed by atoms with Crippen LogP contribution in [0, 0.1) is 23.1 Å². The van der Waals surface area contributed by atoms with Gasteiger partial charge in [0.25, 0.3) is 5.91 Å². The number of nitrogens with one attached hydrogen (secondary N) is 3. The van der Waals surface area contributed by atoms with E-state index < -0.39 is 17.6 Å². The second-order valence-corrected chi connectivity index (χ2v) is 11.0. The average Bonchev–Trinajstić information content (AvgIpc) is 3.68. The molecule has 3 N–H and O–H groups in total. The summed E-state index contributed by atoms with van der Waals surface area (Å²) < 4.78 is 58.8. The fraction of sp³-hybridized carbons (Fsp3) is 0.448. The van der Waals surface area contributed by atoms with Gasteiger partial charge in [-0.3, -0.25) is 10.2 Å². The molecule has 208 valence electrons. The summed E-state index contributed by atoms with van der Waals surface area (Å²) in [5.41, 5.74) is -0.137. The van der Waals surface area contributed by atoms with E-state index in [1.54, 1.807) is 40.7 Å². The fourth-order valence-corrected chi connectivity index (χ4v) is 5.58. The maximum Gasteiger partial charge on any atom is 0.417 e. The number of imidazole rings is 1. The van der Waals surface area contributed by atoms with Crippen LogP contribution in [0.25, 0.3) is 11.1 Å². The Morgan fingerprint density at radius 2 is 1.92 bits per heavy atom. The van der Waals surface area contributed by atoms with Gasteiger partial charge in [0, 0.05) is 37.1 Å². The van der Waals surface area contributed by atoms with Crippen LogP contribution in [0.2, 0.25) is 0 Å². The molecule has 3 atom stereocenters. The highest BCUT2D eigenvalue weighted by molar-refractivity contribution is 5.96. The first kappa shape index (κ1) is 27.2. The fourth-order valence-electron chi connectivity index (χ4n) is 5.58. The van der Waals surface area contributed by atoms with Crippen LogP contribution in [0.4, 0.5) is 17.6 Å². The molecular weight excluding hydrogens is 510 g/mol. The summed E-state index contributed by atoms with van der Waals surface area (Å²) in [6.07, 6.45) is 2.73. The Labute approximate surface area is 224 Å². The maximum atomic E-state index is 13.9. The summed E-state index contributed by atoms with van der Waals surface area (Å²) in [6, 6.07) is 7.33. The van der Waals surface area contributed by atoms with Crippen molar-refractivity contribution in [2.75, 3.05) is 6.54 Å². The van der Waals surface area contributed by atoms with Gasteiger partial charge in [-0.05, 0) is 91.1 Å². The molecule has 2 heterocycles. The van der Waals surface area contributed by atoms with E-state index in [-0.39, 0.29) is 46.8 Å². The van der Waals surface area contributed by atoms with Crippen LogP contribution in [0.1, 0.15) is 54.1 Å². The monoisotopic (exact) mass is 543 g/mol. The molecular formula is C29H33F4N5O. The molecule has 2 aliphatic rings. The number of carbonyl (C=O) groups excluding carboxylic acids is 1. The summed E-state index contributed by atoms with van der Waals surface area (Å²) in [4.78, 5) is 13.6. The maximum absolute atomic E-state index is 13.9. The van der Waals surface area contributed by atoms with Gasteiger partial charge in [0.05, 0.1) is 12.1 Å². The zero-order valence-corrected chi connectivity index (χ0v) is 22.0. The number of benzene rings is 2. The van der Waals surface area contributed by atoms with Gasteiger partial charge in [-0.1, -0.05) is 13.0 Å². The number of amides is 1. The standard InChI is InChI=1S/C29H33F4N5O/c1-17-7-8-35-25(11-17)26(19-3-4-19)36-27(39)21-13-18(16-38-10-9-37(2)28(38)34)12-20(14-21)23-6-5-22(30)15-24(23)29(31,32)33/h5-6,9-10,12-15,17,19,25-26,34-35H,3-4,7-8,11,16H2,1-2H3,(H,36,39). The largest absolute Gasteiger partial charge is 0.417 e. The molecule has 0 spiro atoms. The lowest BCUT2D eigenvalue weighted by Crippen LogP contribution is -2.54. The number of alkyl halides is 3. The number of rotatable bonds is 7. The highest BCUT2D eigenvalue weighted by atomic mass is 19.4. The smallest absolute Gasteiger partial charge is 0.347 e. The minimum absolute atomic E-state index is 0.0627. The van der Waals surface area contributed by atoms with Gasteiger partial charge in [0.1, 0.15) is 5.82 Å². The van der Waals surface area contributed by atoms with Crippen molar-refractivity contribution in [2.45, 2.75) is 57.4 Å². The lowest BCUT2D eigenvalue weighted by Gasteiger charge is -2.35. The second kappa shape index (κ2) is 10.6. The molecule has 0 bridgehead atoms. The van der Waals surface area contributed by atoms with E-state index in [1.165, 1.54) is 6.07 Å². The Hall–Kier alpha value is -3.40. The number of piperidine rings is 1. The van der Waals surface area contributed by atoms with Crippen molar-refractivity contribution in [1.82, 2.24) is 19.8 Å². The minimum atomic E-state index is -4.78. The molecule has 0 radical (unpaired) electrons. The molecule has 1 saturated carbocycles. The zero-order chi connectivity index (χ0) is 27.9. The van der Waals surface area contributed by atoms with Crippen LogP contribution < -0.4 is 16.3 Å². The summed E-state index contributed by atoms with van der Waals surface area (Å²) in [6.45, 7) is 3.28. The van der Waals surface area contributed by atoms with Crippen LogP contribution in [0.3, 0.4) is 0 Å². The number of hydrogen-bond donors (Lipinski definition) is 3. The topological polar surface area (TPSA) is 74.8 Å². The number of halogens is 4. The van der Waals surface area contributed by atoms with Crippen molar-refractivity contribution in [3.05, 3.63) is 76.9 Å². The number of hydrogen-bond acceptors (Lipinski definition) is 3. The number of aryl methyl sites for hydroxylation is 1. The number of aromatic nitrogens is 2. The molecule has 2 fully saturated rings. The lowest BCUT2D eigenvalue weighted by molar-refractivity contribution is -0.137. The minimum Gasteiger partial charge on any atom is -0.347 e. The van der Waals surface area contributed by atoms with Crippen LogP contribution in [0.5, 0.6) is 0 Å². The van der Waals surface area contributed by atoms with E-state index in [0.29, 0.717) is 23.5 Å². The summed E-state index contributed by atoms with van der Waals surface area (Å²) in [5, 5.41) is 15.0. The second-order valence-electron chi connectivity index (χ2n) is 11.0. The molecule has 1 amide bonds. The molecule has 1 aliphatic heterocycles. The van der Waals surface area contributed by atoms with E-state index in [1.807, 2.05) is 0 Å². The van der Waals surface area contributed by atoms with Gasteiger partial charge in [-0.15, -0.1) is 0 Å². The van der Waals surface area contributed by atoms with Crippen molar-refractivity contribution in [1.29, 1.82) is 5.41 Å². The van der Waals surface area contributed by atoms with Gasteiger partial charge in [0.2, 0.25) is 5.62 Å². The first-order chi connectivity index (χ1) is 18.5. The molecule has 1 aliphatic carbocycles. The predicted molar refractivity (Wildman–Crippen MR) is 139 cm³/mol. The molecule has 3 unspecified atom stereocenters. The van der Waals surface area contributed by atoms with E-state index >= 15 is 0 Å². The average molecular weight is 544 g/mol. The SMILES string of the molecule is CC1CCNC(C(NC(=O)c2cc(Cn3ccn(C)c3=N)cc(-c3ccc(F)cc3C(F)(F)F)c2)C2CC2)C1. The van der Waals surface area contributed by atoms with Crippen molar-refractivity contribution >= 4 is 5.91 Å². The predicted octanol–water partition coefficient (Wildman–Crippen LogP) is 5.08. The highest BCUT2D eigenvalue weighted by Crippen LogP contribution is 2.39. The van der Waals surface area contributed by atoms with Crippen molar-refractivity contribution < 1.29 is 22.4 Å². The van der Waals surface area contributed by atoms with Crippen molar-refractivity contribution in [2.24, 2.45) is 18.9 Å². The number of carbonyl (C=O) groups is 1. The van der Waals surface area contributed by atoms with E-state index in [2.05, 4.69) is 17.6 Å². The highest BCUT2D eigenvalue weighted by Gasteiger charge is 2.39. The zero-order valence-electron chi connectivity index (χ0n) is 22.0. The summed E-state index contributed by atoms with van der Waals surface area (Å²) in [7, 11) is 1.72. The molecule has 1 aromatic heterocycles. The lowest BCUT2D eigenvalue weighted by atomic mass is 9.88. The molecule has 39 heavy (non-hydrogen) atoms. The first-order valence-corrected chi connectivity index (χ1v) is 13.3. The molecule has 6 nitrogen and oxygen atoms in total. The molecule has 3 aromatic rings. The Balaban J connectivity index is 1.54. The summed E-state index contributed by atoms with van der Waals surface area (Å²) in [5.74, 6) is -0.417. The normalized spacial score (nSPS) is 20.6. The van der Waals surface area contributed by atoms with E-state index in [9.17, 15) is 22.4 Å². The van der Waals surface area contributed by atoms with Gasteiger partial charge >= 0.3 is 6.18 Å². The van der Waals surface area contributed by atoms with E-state index in [0.717, 1.165) is 44.4 Å². The van der Waals surface area contributed by atoms with Crippen molar-refractivity contribution in [3.8, 4) is 11.1 Å². The van der Waals surface area contributed by atoms with Crippen LogP contribution in [-0.2, 0) is 19.8 Å². The van der Waals surface area contributed by atoms with Crippen LogP contribution in [0.15, 0.2) is 48.8 Å². The van der Waals surface area contributed by atoms with E-state index in [4.69, 9.17) is 5.41 Å².